The van der Waals surface area contributed by atoms with E-state index < -0.39 is 11.6 Å². The van der Waals surface area contributed by atoms with Crippen LogP contribution in [0.5, 0.6) is 5.75 Å². The van der Waals surface area contributed by atoms with Crippen molar-refractivity contribution < 1.29 is 14.3 Å². The number of amides is 2. The number of nitrogens with one attached hydrogen (secondary N) is 1. The van der Waals surface area contributed by atoms with E-state index in [4.69, 9.17) is 16.3 Å². The molecule has 0 radical (unpaired) electrons. The lowest BCUT2D eigenvalue weighted by atomic mass is 10.1. The lowest BCUT2D eigenvalue weighted by Crippen LogP contribution is -2.54. The van der Waals surface area contributed by atoms with Gasteiger partial charge in [0.1, 0.15) is 11.8 Å². The topological polar surface area (TPSA) is 58.6 Å². The Kier molecular flexibility index (Phi) is 8.52. The van der Waals surface area contributed by atoms with Crippen LogP contribution >= 0.6 is 11.6 Å². The zero-order chi connectivity index (χ0) is 23.2. The Balaban J connectivity index is 2.28. The van der Waals surface area contributed by atoms with Gasteiger partial charge in [0.05, 0.1) is 0 Å². The van der Waals surface area contributed by atoms with Crippen LogP contribution in [0.15, 0.2) is 42.5 Å². The standard InChI is InChI=1S/C25H33ClN2O3/c1-7-21(24(30)27-25(4,5)6)28(15-19-10-8-9-11-20(19)26)23(29)16-31-22-14-17(2)12-13-18(22)3/h8-14,21H,7,15-16H2,1-6H3,(H,27,30)/t21-/m1/s1. The maximum absolute atomic E-state index is 13.3. The molecule has 6 heteroatoms. The van der Waals surface area contributed by atoms with Gasteiger partial charge in [-0.1, -0.05) is 48.9 Å². The van der Waals surface area contributed by atoms with Crippen LogP contribution in [0.2, 0.25) is 5.02 Å². The minimum atomic E-state index is -0.634. The number of benzene rings is 2. The molecule has 0 heterocycles. The Hall–Kier alpha value is -2.53. The first kappa shape index (κ1) is 24.7. The van der Waals surface area contributed by atoms with Crippen molar-refractivity contribution in [2.75, 3.05) is 6.61 Å². The number of carbonyl (C=O) groups excluding carboxylic acids is 2. The molecule has 2 aromatic rings. The molecule has 0 aromatic heterocycles. The molecule has 0 aliphatic heterocycles. The van der Waals surface area contributed by atoms with Crippen molar-refractivity contribution in [1.29, 1.82) is 0 Å². The Labute approximate surface area is 190 Å². The number of ether oxygens (including phenoxy) is 1. The average Bonchev–Trinajstić information content (AvgIpc) is 2.68. The number of rotatable bonds is 8. The summed E-state index contributed by atoms with van der Waals surface area (Å²) < 4.78 is 5.85. The van der Waals surface area contributed by atoms with Gasteiger partial charge in [0.25, 0.3) is 5.91 Å². The van der Waals surface area contributed by atoms with Crippen molar-refractivity contribution in [3.8, 4) is 5.75 Å². The summed E-state index contributed by atoms with van der Waals surface area (Å²) in [5.74, 6) is 0.206. The highest BCUT2D eigenvalue weighted by Crippen LogP contribution is 2.22. The molecule has 0 unspecified atom stereocenters. The highest BCUT2D eigenvalue weighted by atomic mass is 35.5. The maximum atomic E-state index is 13.3. The van der Waals surface area contributed by atoms with Crippen LogP contribution in [-0.4, -0.2) is 34.9 Å². The number of nitrogens with zero attached hydrogens (tertiary/aromatic N) is 1. The summed E-state index contributed by atoms with van der Waals surface area (Å²) in [6, 6.07) is 12.6. The maximum Gasteiger partial charge on any atom is 0.261 e. The minimum absolute atomic E-state index is 0.159. The largest absolute Gasteiger partial charge is 0.483 e. The summed E-state index contributed by atoms with van der Waals surface area (Å²) in [5.41, 5.74) is 2.38. The molecule has 0 saturated carbocycles. The molecular formula is C25H33ClN2O3. The quantitative estimate of drug-likeness (QED) is 0.619. The first-order valence-corrected chi connectivity index (χ1v) is 10.9. The Morgan fingerprint density at radius 3 is 2.42 bits per heavy atom. The molecule has 168 valence electrons. The molecule has 31 heavy (non-hydrogen) atoms. The number of hydrogen-bond donors (Lipinski definition) is 1. The molecule has 0 fully saturated rings. The van der Waals surface area contributed by atoms with Gasteiger partial charge in [-0.05, 0) is 69.9 Å². The zero-order valence-corrected chi connectivity index (χ0v) is 20.0. The van der Waals surface area contributed by atoms with Crippen LogP contribution in [0.3, 0.4) is 0 Å². The first-order valence-electron chi connectivity index (χ1n) is 10.6. The summed E-state index contributed by atoms with van der Waals surface area (Å²) in [6.07, 6.45) is 0.474. The van der Waals surface area contributed by atoms with Crippen LogP contribution in [-0.2, 0) is 16.1 Å². The van der Waals surface area contributed by atoms with Crippen molar-refractivity contribution >= 4 is 23.4 Å². The van der Waals surface area contributed by atoms with E-state index in [1.165, 1.54) is 0 Å². The van der Waals surface area contributed by atoms with Crippen molar-refractivity contribution in [2.24, 2.45) is 0 Å². The smallest absolute Gasteiger partial charge is 0.261 e. The predicted octanol–water partition coefficient (Wildman–Crippen LogP) is 5.06. The van der Waals surface area contributed by atoms with Gasteiger partial charge in [0.15, 0.2) is 6.61 Å². The molecular weight excluding hydrogens is 412 g/mol. The summed E-state index contributed by atoms with van der Waals surface area (Å²) in [6.45, 7) is 11.6. The summed E-state index contributed by atoms with van der Waals surface area (Å²) >= 11 is 6.35. The minimum Gasteiger partial charge on any atom is -0.483 e. The van der Waals surface area contributed by atoms with E-state index >= 15 is 0 Å². The van der Waals surface area contributed by atoms with E-state index in [1.54, 1.807) is 11.0 Å². The van der Waals surface area contributed by atoms with E-state index in [9.17, 15) is 9.59 Å². The highest BCUT2D eigenvalue weighted by Gasteiger charge is 2.31. The van der Waals surface area contributed by atoms with Gasteiger partial charge >= 0.3 is 0 Å². The van der Waals surface area contributed by atoms with E-state index in [-0.39, 0.29) is 25.0 Å². The molecule has 2 rings (SSSR count). The van der Waals surface area contributed by atoms with E-state index in [0.717, 1.165) is 16.7 Å². The van der Waals surface area contributed by atoms with Gasteiger partial charge in [-0.3, -0.25) is 9.59 Å². The molecule has 2 aromatic carbocycles. The molecule has 5 nitrogen and oxygen atoms in total. The number of halogens is 1. The second-order valence-electron chi connectivity index (χ2n) is 8.83. The third-order valence-electron chi connectivity index (χ3n) is 4.88. The van der Waals surface area contributed by atoms with Gasteiger partial charge in [-0.2, -0.15) is 0 Å². The van der Waals surface area contributed by atoms with Gasteiger partial charge in [0, 0.05) is 17.1 Å². The first-order chi connectivity index (χ1) is 14.5. The highest BCUT2D eigenvalue weighted by molar-refractivity contribution is 6.31. The summed E-state index contributed by atoms with van der Waals surface area (Å²) in [7, 11) is 0. The van der Waals surface area contributed by atoms with Crippen LogP contribution in [0.25, 0.3) is 0 Å². The monoisotopic (exact) mass is 444 g/mol. The molecule has 0 saturated heterocycles. The van der Waals surface area contributed by atoms with Crippen molar-refractivity contribution in [2.45, 2.75) is 66.1 Å². The lowest BCUT2D eigenvalue weighted by Gasteiger charge is -2.33. The summed E-state index contributed by atoms with van der Waals surface area (Å²) in [5, 5.41) is 3.55. The van der Waals surface area contributed by atoms with Crippen molar-refractivity contribution in [3.05, 3.63) is 64.2 Å². The summed E-state index contributed by atoms with van der Waals surface area (Å²) in [4.78, 5) is 27.8. The van der Waals surface area contributed by atoms with Crippen molar-refractivity contribution in [3.63, 3.8) is 0 Å². The number of aryl methyl sites for hydroxylation is 2. The SMILES string of the molecule is CC[C@H](C(=O)NC(C)(C)C)N(Cc1ccccc1Cl)C(=O)COc1cc(C)ccc1C. The molecule has 1 N–H and O–H groups in total. The van der Waals surface area contributed by atoms with E-state index in [1.807, 2.05) is 77.9 Å². The second-order valence-corrected chi connectivity index (χ2v) is 9.24. The Morgan fingerprint density at radius 2 is 1.81 bits per heavy atom. The number of carbonyl (C=O) groups is 2. The van der Waals surface area contributed by atoms with E-state index in [2.05, 4.69) is 5.32 Å². The molecule has 1 atom stereocenters. The molecule has 0 aliphatic carbocycles. The molecule has 0 bridgehead atoms. The normalized spacial score (nSPS) is 12.2. The van der Waals surface area contributed by atoms with Crippen LogP contribution < -0.4 is 10.1 Å². The van der Waals surface area contributed by atoms with Crippen molar-refractivity contribution in [1.82, 2.24) is 10.2 Å². The van der Waals surface area contributed by atoms with Gasteiger partial charge in [-0.15, -0.1) is 0 Å². The van der Waals surface area contributed by atoms with Crippen LogP contribution in [0.1, 0.15) is 50.8 Å². The van der Waals surface area contributed by atoms with E-state index in [0.29, 0.717) is 17.2 Å². The zero-order valence-electron chi connectivity index (χ0n) is 19.3. The fraction of sp³-hybridized carbons (Fsp3) is 0.440. The molecule has 2 amide bonds. The average molecular weight is 445 g/mol. The van der Waals surface area contributed by atoms with Gasteiger partial charge < -0.3 is 15.0 Å². The van der Waals surface area contributed by atoms with Gasteiger partial charge in [-0.25, -0.2) is 0 Å². The Bertz CT molecular complexity index is 921. The van der Waals surface area contributed by atoms with Gasteiger partial charge in [0.2, 0.25) is 5.91 Å². The number of hydrogen-bond acceptors (Lipinski definition) is 3. The Morgan fingerprint density at radius 1 is 1.13 bits per heavy atom. The van der Waals surface area contributed by atoms with Crippen LogP contribution in [0.4, 0.5) is 0 Å². The second kappa shape index (κ2) is 10.7. The third-order valence-corrected chi connectivity index (χ3v) is 5.25. The fourth-order valence-electron chi connectivity index (χ4n) is 3.27. The predicted molar refractivity (Wildman–Crippen MR) is 125 cm³/mol. The lowest BCUT2D eigenvalue weighted by molar-refractivity contribution is -0.143. The molecule has 0 spiro atoms. The third kappa shape index (κ3) is 7.28. The van der Waals surface area contributed by atoms with Crippen LogP contribution in [0, 0.1) is 13.8 Å². The fourth-order valence-corrected chi connectivity index (χ4v) is 3.46. The molecule has 0 aliphatic rings.